The molecular formula is C27H34N2O5. The van der Waals surface area contributed by atoms with Crippen molar-refractivity contribution in [2.24, 2.45) is 5.92 Å². The van der Waals surface area contributed by atoms with Crippen LogP contribution in [0.15, 0.2) is 29.1 Å². The standard InChI is InChI=1S/C27H34N2O5/c1-16-5-8-20(33-3)12-22(16)26-9-10-29(15-18-6-7-18)17(2)27(26,32)13-19-11-21(25(31)34-4)24(30)28-23(19)14-26/h5,8,11-12,17-18,32H,6-7,9-10,13-15H2,1-4H3,(H,28,30). The molecule has 7 heteroatoms. The molecule has 1 aromatic heterocycles. The first-order valence-electron chi connectivity index (χ1n) is 12.2. The fourth-order valence-electron chi connectivity index (χ4n) is 6.37. The molecule has 1 saturated heterocycles. The minimum atomic E-state index is -1.09. The molecule has 182 valence electrons. The molecule has 2 heterocycles. The van der Waals surface area contributed by atoms with Crippen LogP contribution >= 0.6 is 0 Å². The van der Waals surface area contributed by atoms with Crippen LogP contribution in [0.3, 0.4) is 0 Å². The Bertz CT molecular complexity index is 1190. The Morgan fingerprint density at radius 3 is 2.68 bits per heavy atom. The monoisotopic (exact) mass is 466 g/mol. The van der Waals surface area contributed by atoms with Crippen molar-refractivity contribution < 1.29 is 19.4 Å². The third-order valence-corrected chi connectivity index (χ3v) is 8.60. The molecule has 5 rings (SSSR count). The highest BCUT2D eigenvalue weighted by Gasteiger charge is 2.61. The lowest BCUT2D eigenvalue weighted by Crippen LogP contribution is -2.71. The maximum atomic E-state index is 12.7. The highest BCUT2D eigenvalue weighted by molar-refractivity contribution is 5.89. The van der Waals surface area contributed by atoms with Crippen LogP contribution in [0.5, 0.6) is 5.75 Å². The molecule has 0 radical (unpaired) electrons. The van der Waals surface area contributed by atoms with E-state index in [-0.39, 0.29) is 11.6 Å². The average molecular weight is 467 g/mol. The van der Waals surface area contributed by atoms with Crippen molar-refractivity contribution in [2.75, 3.05) is 27.3 Å². The average Bonchev–Trinajstić information content (AvgIpc) is 3.64. The summed E-state index contributed by atoms with van der Waals surface area (Å²) in [6.07, 6.45) is 4.13. The summed E-state index contributed by atoms with van der Waals surface area (Å²) >= 11 is 0. The summed E-state index contributed by atoms with van der Waals surface area (Å²) < 4.78 is 10.4. The van der Waals surface area contributed by atoms with Crippen LogP contribution in [-0.4, -0.2) is 59.9 Å². The van der Waals surface area contributed by atoms with E-state index in [1.165, 1.54) is 20.0 Å². The lowest BCUT2D eigenvalue weighted by Gasteiger charge is -2.60. The number of nitrogens with one attached hydrogen (secondary N) is 1. The van der Waals surface area contributed by atoms with Crippen LogP contribution in [0.25, 0.3) is 0 Å². The number of carbonyl (C=O) groups is 1. The molecule has 0 amide bonds. The van der Waals surface area contributed by atoms with Crippen LogP contribution in [-0.2, 0) is 23.0 Å². The molecule has 0 bridgehead atoms. The van der Waals surface area contributed by atoms with E-state index >= 15 is 0 Å². The second-order valence-electron chi connectivity index (χ2n) is 10.4. The van der Waals surface area contributed by atoms with Gasteiger partial charge in [0, 0.05) is 36.5 Å². The number of esters is 1. The number of H-pyrrole nitrogens is 1. The number of aromatic nitrogens is 1. The zero-order chi connectivity index (χ0) is 24.3. The van der Waals surface area contributed by atoms with Crippen molar-refractivity contribution in [3.63, 3.8) is 0 Å². The van der Waals surface area contributed by atoms with Gasteiger partial charge in [-0.3, -0.25) is 9.69 Å². The van der Waals surface area contributed by atoms with Crippen molar-refractivity contribution >= 4 is 5.97 Å². The summed E-state index contributed by atoms with van der Waals surface area (Å²) in [5, 5.41) is 12.7. The molecule has 3 aliphatic rings. The van der Waals surface area contributed by atoms with Gasteiger partial charge in [0.25, 0.3) is 5.56 Å². The van der Waals surface area contributed by atoms with Gasteiger partial charge in [0.1, 0.15) is 11.3 Å². The first-order chi connectivity index (χ1) is 16.2. The highest BCUT2D eigenvalue weighted by atomic mass is 16.5. The van der Waals surface area contributed by atoms with Gasteiger partial charge in [-0.1, -0.05) is 6.07 Å². The number of methoxy groups -OCH3 is 2. The van der Waals surface area contributed by atoms with Crippen LogP contribution in [0.4, 0.5) is 0 Å². The second kappa shape index (κ2) is 8.24. The van der Waals surface area contributed by atoms with Crippen molar-refractivity contribution in [1.29, 1.82) is 0 Å². The predicted molar refractivity (Wildman–Crippen MR) is 129 cm³/mol. The van der Waals surface area contributed by atoms with Crippen LogP contribution in [0.2, 0.25) is 0 Å². The SMILES string of the molecule is COC(=O)c1cc2c([nH]c1=O)CC1(c3cc(OC)ccc3C)CCN(CC3CC3)C(C)C1(O)C2. The number of ether oxygens (including phenoxy) is 2. The van der Waals surface area contributed by atoms with E-state index in [1.54, 1.807) is 13.2 Å². The van der Waals surface area contributed by atoms with E-state index in [0.29, 0.717) is 12.8 Å². The number of rotatable bonds is 5. The number of likely N-dealkylation sites (tertiary alicyclic amines) is 1. The largest absolute Gasteiger partial charge is 0.497 e. The number of hydrogen-bond donors (Lipinski definition) is 2. The molecule has 2 aliphatic carbocycles. The van der Waals surface area contributed by atoms with E-state index in [1.807, 2.05) is 12.1 Å². The number of aryl methyl sites for hydroxylation is 1. The zero-order valence-corrected chi connectivity index (χ0v) is 20.4. The number of pyridine rings is 1. The topological polar surface area (TPSA) is 91.9 Å². The van der Waals surface area contributed by atoms with Gasteiger partial charge < -0.3 is 19.6 Å². The zero-order valence-electron chi connectivity index (χ0n) is 20.4. The van der Waals surface area contributed by atoms with Gasteiger partial charge in [0.2, 0.25) is 0 Å². The van der Waals surface area contributed by atoms with E-state index in [0.717, 1.165) is 53.6 Å². The summed E-state index contributed by atoms with van der Waals surface area (Å²) in [6.45, 7) is 6.09. The number of hydrogen-bond acceptors (Lipinski definition) is 6. The summed E-state index contributed by atoms with van der Waals surface area (Å²) in [4.78, 5) is 30.3. The molecular weight excluding hydrogens is 432 g/mol. The Kier molecular flexibility index (Phi) is 5.60. The first kappa shape index (κ1) is 23.1. The summed E-state index contributed by atoms with van der Waals surface area (Å²) in [6, 6.07) is 7.57. The molecule has 34 heavy (non-hydrogen) atoms. The molecule has 0 spiro atoms. The predicted octanol–water partition coefficient (Wildman–Crippen LogP) is 2.75. The van der Waals surface area contributed by atoms with Crippen LogP contribution in [0, 0.1) is 12.8 Å². The maximum Gasteiger partial charge on any atom is 0.343 e. The van der Waals surface area contributed by atoms with Crippen LogP contribution < -0.4 is 10.3 Å². The van der Waals surface area contributed by atoms with Crippen molar-refractivity contribution in [1.82, 2.24) is 9.88 Å². The Hall–Kier alpha value is -2.64. The van der Waals surface area contributed by atoms with E-state index in [2.05, 4.69) is 29.8 Å². The number of aromatic amines is 1. The van der Waals surface area contributed by atoms with Crippen molar-refractivity contribution in [3.8, 4) is 5.75 Å². The highest BCUT2D eigenvalue weighted by Crippen LogP contribution is 2.54. The first-order valence-corrected chi connectivity index (χ1v) is 12.2. The number of fused-ring (bicyclic) bond motifs is 2. The van der Waals surface area contributed by atoms with Crippen molar-refractivity contribution in [3.05, 3.63) is 62.6 Å². The van der Waals surface area contributed by atoms with E-state index in [9.17, 15) is 14.7 Å². The molecule has 1 saturated carbocycles. The molecule has 7 nitrogen and oxygen atoms in total. The Morgan fingerprint density at radius 1 is 1.24 bits per heavy atom. The van der Waals surface area contributed by atoms with E-state index in [4.69, 9.17) is 9.47 Å². The molecule has 2 aromatic rings. The Balaban J connectivity index is 1.68. The smallest absolute Gasteiger partial charge is 0.343 e. The normalized spacial score (nSPS) is 28.7. The minimum Gasteiger partial charge on any atom is -0.497 e. The number of piperidine rings is 1. The lowest BCUT2D eigenvalue weighted by molar-refractivity contribution is -0.139. The summed E-state index contributed by atoms with van der Waals surface area (Å²) in [7, 11) is 2.92. The Morgan fingerprint density at radius 2 is 2.00 bits per heavy atom. The minimum absolute atomic E-state index is 0.0202. The summed E-state index contributed by atoms with van der Waals surface area (Å²) in [5.41, 5.74) is 1.60. The third kappa shape index (κ3) is 3.48. The van der Waals surface area contributed by atoms with Gasteiger partial charge in [-0.05, 0) is 80.5 Å². The molecule has 1 aliphatic heterocycles. The molecule has 2 fully saturated rings. The van der Waals surface area contributed by atoms with Gasteiger partial charge in [-0.15, -0.1) is 0 Å². The molecule has 3 unspecified atom stereocenters. The van der Waals surface area contributed by atoms with Gasteiger partial charge in [-0.25, -0.2) is 4.79 Å². The molecule has 3 atom stereocenters. The van der Waals surface area contributed by atoms with Gasteiger partial charge in [0.15, 0.2) is 0 Å². The number of carbonyl (C=O) groups excluding carboxylic acids is 1. The van der Waals surface area contributed by atoms with Gasteiger partial charge >= 0.3 is 5.97 Å². The summed E-state index contributed by atoms with van der Waals surface area (Å²) in [5.74, 6) is 0.810. The number of benzene rings is 1. The maximum absolute atomic E-state index is 12.7. The number of nitrogens with zero attached hydrogens (tertiary/aromatic N) is 1. The quantitative estimate of drug-likeness (QED) is 0.659. The molecule has 2 N–H and O–H groups in total. The van der Waals surface area contributed by atoms with Gasteiger partial charge in [0.05, 0.1) is 19.8 Å². The van der Waals surface area contributed by atoms with E-state index < -0.39 is 22.5 Å². The number of aliphatic hydroxyl groups is 1. The molecule has 1 aromatic carbocycles. The van der Waals surface area contributed by atoms with Gasteiger partial charge in [-0.2, -0.15) is 0 Å². The fraction of sp³-hybridized carbons (Fsp3) is 0.556. The Labute approximate surface area is 200 Å². The second-order valence-corrected chi connectivity index (χ2v) is 10.4. The van der Waals surface area contributed by atoms with Crippen LogP contribution in [0.1, 0.15) is 58.9 Å². The fourth-order valence-corrected chi connectivity index (χ4v) is 6.37. The van der Waals surface area contributed by atoms with Crippen molar-refractivity contribution in [2.45, 2.75) is 63.0 Å². The lowest BCUT2D eigenvalue weighted by atomic mass is 9.53. The third-order valence-electron chi connectivity index (χ3n) is 8.60.